The molecule has 4 heteroatoms. The summed E-state index contributed by atoms with van der Waals surface area (Å²) in [6.07, 6.45) is 3.96. The fraction of sp³-hybridized carbons (Fsp3) is 0.571. The molecule has 1 aromatic carbocycles. The molecule has 1 aliphatic heterocycles. The zero-order valence-corrected chi connectivity index (χ0v) is 12.7. The Morgan fingerprint density at radius 2 is 2.17 bits per heavy atom. The number of hydrogen-bond acceptors (Lipinski definition) is 2. The first-order valence-electron chi connectivity index (χ1n) is 6.67. The third kappa shape index (κ3) is 2.84. The van der Waals surface area contributed by atoms with Crippen molar-refractivity contribution >= 4 is 33.2 Å². The summed E-state index contributed by atoms with van der Waals surface area (Å²) in [4.78, 5) is 2.44. The summed E-state index contributed by atoms with van der Waals surface area (Å²) in [7, 11) is 0. The fourth-order valence-electron chi connectivity index (χ4n) is 2.71. The number of halogens is 2. The second kappa shape index (κ2) is 5.40. The Labute approximate surface area is 122 Å². The van der Waals surface area contributed by atoms with Crippen molar-refractivity contribution in [2.45, 2.75) is 25.3 Å². The van der Waals surface area contributed by atoms with Crippen LogP contribution in [0.2, 0.25) is 5.02 Å². The maximum absolute atomic E-state index is 6.34. The number of nitrogens with zero attached hydrogens (tertiary/aromatic N) is 1. The molecule has 2 nitrogen and oxygen atoms in total. The quantitative estimate of drug-likeness (QED) is 0.890. The molecule has 1 heterocycles. The zero-order chi connectivity index (χ0) is 12.5. The highest BCUT2D eigenvalue weighted by Gasteiger charge is 2.33. The number of nitrogens with one attached hydrogen (secondary N) is 1. The molecule has 98 valence electrons. The Morgan fingerprint density at radius 3 is 2.94 bits per heavy atom. The van der Waals surface area contributed by atoms with Gasteiger partial charge in [0.1, 0.15) is 0 Å². The van der Waals surface area contributed by atoms with Crippen LogP contribution < -0.4 is 10.2 Å². The maximum Gasteiger partial charge on any atom is 0.0640 e. The van der Waals surface area contributed by atoms with Crippen molar-refractivity contribution in [2.24, 2.45) is 5.92 Å². The van der Waals surface area contributed by atoms with Crippen molar-refractivity contribution in [1.29, 1.82) is 0 Å². The molecule has 1 unspecified atom stereocenters. The van der Waals surface area contributed by atoms with Gasteiger partial charge in [0.25, 0.3) is 0 Å². The summed E-state index contributed by atoms with van der Waals surface area (Å²) >= 11 is 9.88. The minimum Gasteiger partial charge on any atom is -0.369 e. The minimum absolute atomic E-state index is 0.641. The van der Waals surface area contributed by atoms with Gasteiger partial charge in [-0.1, -0.05) is 27.5 Å². The molecule has 1 N–H and O–H groups in total. The predicted molar refractivity (Wildman–Crippen MR) is 80.5 cm³/mol. The van der Waals surface area contributed by atoms with Gasteiger partial charge in [0, 0.05) is 23.6 Å². The van der Waals surface area contributed by atoms with Gasteiger partial charge < -0.3 is 10.2 Å². The molecule has 2 aliphatic rings. The van der Waals surface area contributed by atoms with Crippen LogP contribution in [0.15, 0.2) is 22.7 Å². The molecule has 0 bridgehead atoms. The van der Waals surface area contributed by atoms with Crippen LogP contribution >= 0.6 is 27.5 Å². The Bertz CT molecular complexity index is 434. The zero-order valence-electron chi connectivity index (χ0n) is 10.3. The first kappa shape index (κ1) is 12.8. The van der Waals surface area contributed by atoms with Crippen molar-refractivity contribution < 1.29 is 0 Å². The molecule has 3 rings (SSSR count). The topological polar surface area (TPSA) is 15.3 Å². The third-order valence-electron chi connectivity index (χ3n) is 3.87. The Hall–Kier alpha value is -0.250. The molecule has 2 fully saturated rings. The molecule has 0 radical (unpaired) electrons. The van der Waals surface area contributed by atoms with Crippen LogP contribution in [-0.4, -0.2) is 25.7 Å². The number of anilines is 1. The maximum atomic E-state index is 6.34. The highest BCUT2D eigenvalue weighted by atomic mass is 79.9. The van der Waals surface area contributed by atoms with Gasteiger partial charge in [0.15, 0.2) is 0 Å². The minimum atomic E-state index is 0.641. The average Bonchev–Trinajstić information content (AvgIpc) is 3.16. The van der Waals surface area contributed by atoms with Crippen molar-refractivity contribution in [2.75, 3.05) is 24.5 Å². The van der Waals surface area contributed by atoms with E-state index in [0.717, 1.165) is 35.0 Å². The lowest BCUT2D eigenvalue weighted by atomic mass is 10.1. The summed E-state index contributed by atoms with van der Waals surface area (Å²) < 4.78 is 1.10. The van der Waals surface area contributed by atoms with Gasteiger partial charge in [0.2, 0.25) is 0 Å². The standard InChI is InChI=1S/C14H18BrClN2/c15-11-4-5-12(16)14(8-11)18-7-1-6-17-13(9-18)10-2-3-10/h4-5,8,10,13,17H,1-3,6-7,9H2. The van der Waals surface area contributed by atoms with Crippen LogP contribution in [0.4, 0.5) is 5.69 Å². The SMILES string of the molecule is Clc1ccc(Br)cc1N1CCCNC(C2CC2)C1. The molecule has 1 aliphatic carbocycles. The predicted octanol–water partition coefficient (Wildman–Crippen LogP) is 3.68. The lowest BCUT2D eigenvalue weighted by molar-refractivity contribution is 0.490. The van der Waals surface area contributed by atoms with E-state index in [2.05, 4.69) is 32.2 Å². The first-order valence-corrected chi connectivity index (χ1v) is 7.84. The summed E-state index contributed by atoms with van der Waals surface area (Å²) in [6, 6.07) is 6.76. The van der Waals surface area contributed by atoms with E-state index in [9.17, 15) is 0 Å². The van der Waals surface area contributed by atoms with Crippen LogP contribution in [0.5, 0.6) is 0 Å². The van der Waals surface area contributed by atoms with Crippen molar-refractivity contribution in [3.05, 3.63) is 27.7 Å². The molecule has 1 saturated heterocycles. The van der Waals surface area contributed by atoms with Gasteiger partial charge in [-0.25, -0.2) is 0 Å². The average molecular weight is 330 g/mol. The lowest BCUT2D eigenvalue weighted by Gasteiger charge is -2.27. The summed E-state index contributed by atoms with van der Waals surface area (Å²) in [5, 5.41) is 4.54. The highest BCUT2D eigenvalue weighted by molar-refractivity contribution is 9.10. The molecule has 0 aromatic heterocycles. The van der Waals surface area contributed by atoms with Crippen molar-refractivity contribution in [3.8, 4) is 0 Å². The van der Waals surface area contributed by atoms with E-state index in [1.54, 1.807) is 0 Å². The monoisotopic (exact) mass is 328 g/mol. The van der Waals surface area contributed by atoms with Crippen molar-refractivity contribution in [3.63, 3.8) is 0 Å². The van der Waals surface area contributed by atoms with Crippen LogP contribution in [0.25, 0.3) is 0 Å². The molecule has 1 atom stereocenters. The Morgan fingerprint density at radius 1 is 1.33 bits per heavy atom. The summed E-state index contributed by atoms with van der Waals surface area (Å²) in [6.45, 7) is 3.30. The fourth-order valence-corrected chi connectivity index (χ4v) is 3.30. The Kier molecular flexibility index (Phi) is 3.83. The lowest BCUT2D eigenvalue weighted by Crippen LogP contribution is -2.39. The number of hydrogen-bond donors (Lipinski definition) is 1. The third-order valence-corrected chi connectivity index (χ3v) is 4.68. The second-order valence-electron chi connectivity index (χ2n) is 5.29. The molecule has 0 amide bonds. The van der Waals surface area contributed by atoms with Crippen LogP contribution in [0.1, 0.15) is 19.3 Å². The summed E-state index contributed by atoms with van der Waals surface area (Å²) in [5.41, 5.74) is 1.17. The van der Waals surface area contributed by atoms with E-state index in [-0.39, 0.29) is 0 Å². The molecule has 0 spiro atoms. The van der Waals surface area contributed by atoms with Gasteiger partial charge in [-0.05, 0) is 49.9 Å². The normalized spacial score (nSPS) is 25.0. The van der Waals surface area contributed by atoms with Crippen LogP contribution in [0, 0.1) is 5.92 Å². The highest BCUT2D eigenvalue weighted by Crippen LogP contribution is 2.36. The second-order valence-corrected chi connectivity index (χ2v) is 6.62. The van der Waals surface area contributed by atoms with Gasteiger partial charge in [-0.3, -0.25) is 0 Å². The smallest absolute Gasteiger partial charge is 0.0640 e. The van der Waals surface area contributed by atoms with Gasteiger partial charge in [0.05, 0.1) is 10.7 Å². The van der Waals surface area contributed by atoms with E-state index in [1.807, 2.05) is 12.1 Å². The van der Waals surface area contributed by atoms with Crippen LogP contribution in [0.3, 0.4) is 0 Å². The van der Waals surface area contributed by atoms with Gasteiger partial charge in [-0.2, -0.15) is 0 Å². The molecule has 18 heavy (non-hydrogen) atoms. The van der Waals surface area contributed by atoms with E-state index in [1.165, 1.54) is 24.9 Å². The van der Waals surface area contributed by atoms with Crippen LogP contribution in [-0.2, 0) is 0 Å². The molecule has 1 aromatic rings. The van der Waals surface area contributed by atoms with Gasteiger partial charge >= 0.3 is 0 Å². The van der Waals surface area contributed by atoms with Crippen molar-refractivity contribution in [1.82, 2.24) is 5.32 Å². The van der Waals surface area contributed by atoms with E-state index in [4.69, 9.17) is 11.6 Å². The molecular weight excluding hydrogens is 312 g/mol. The number of rotatable bonds is 2. The number of benzene rings is 1. The summed E-state index contributed by atoms with van der Waals surface area (Å²) in [5.74, 6) is 0.886. The van der Waals surface area contributed by atoms with Gasteiger partial charge in [-0.15, -0.1) is 0 Å². The van der Waals surface area contributed by atoms with E-state index >= 15 is 0 Å². The van der Waals surface area contributed by atoms with E-state index in [0.29, 0.717) is 6.04 Å². The molecule has 1 saturated carbocycles. The van der Waals surface area contributed by atoms with E-state index < -0.39 is 0 Å². The first-order chi connectivity index (χ1) is 8.74. The molecular formula is C14H18BrClN2. The Balaban J connectivity index is 1.82. The largest absolute Gasteiger partial charge is 0.369 e.